The third kappa shape index (κ3) is 2.48. The first-order valence-electron chi connectivity index (χ1n) is 10.3. The molecule has 2 aliphatic carbocycles. The zero-order chi connectivity index (χ0) is 20.8. The average molecular weight is 372 g/mol. The van der Waals surface area contributed by atoms with E-state index in [1.54, 1.807) is 0 Å². The quantitative estimate of drug-likeness (QED) is 0.707. The fraction of sp³-hybridized carbons (Fsp3) is 0.111. The van der Waals surface area contributed by atoms with Gasteiger partial charge in [-0.25, -0.2) is 0 Å². The molecule has 0 nitrogen and oxygen atoms in total. The Balaban J connectivity index is 2.25. The largest absolute Gasteiger partial charge is 0.138 e. The Morgan fingerprint density at radius 3 is 2.31 bits per heavy atom. The molecular weight excluding hydrogens is 346 g/mol. The molecule has 0 N–H and O–H groups in total. The number of benzene rings is 2. The first-order chi connectivity index (χ1) is 14.0. The fourth-order valence-corrected chi connectivity index (χ4v) is 5.08. The molecule has 1 atom stereocenters. The van der Waals surface area contributed by atoms with E-state index < -0.39 is 0 Å². The van der Waals surface area contributed by atoms with Gasteiger partial charge in [-0.3, -0.25) is 0 Å². The van der Waals surface area contributed by atoms with E-state index in [4.69, 9.17) is 0 Å². The molecule has 1 spiro atoms. The van der Waals surface area contributed by atoms with Crippen molar-refractivity contribution in [2.45, 2.75) is 19.3 Å². The maximum Gasteiger partial charge on any atom is 0.138 e. The zero-order valence-corrected chi connectivity index (χ0v) is 17.8. The summed E-state index contributed by atoms with van der Waals surface area (Å²) in [6.07, 6.45) is 12.7. The Kier molecular flexibility index (Phi) is 4.74. The van der Waals surface area contributed by atoms with E-state index in [1.807, 2.05) is 6.08 Å². The summed E-state index contributed by atoms with van der Waals surface area (Å²) in [6, 6.07) is 13.6. The first-order valence-corrected chi connectivity index (χ1v) is 10.3. The molecular formula is C27H26B2. The summed E-state index contributed by atoms with van der Waals surface area (Å²) in [4.78, 5) is 0. The van der Waals surface area contributed by atoms with E-state index >= 15 is 0 Å². The molecule has 1 unspecified atom stereocenters. The topological polar surface area (TPSA) is 0 Å². The van der Waals surface area contributed by atoms with Gasteiger partial charge in [0.15, 0.2) is 0 Å². The van der Waals surface area contributed by atoms with E-state index in [-0.39, 0.29) is 5.41 Å². The number of hydrogen-bond acceptors (Lipinski definition) is 0. The lowest BCUT2D eigenvalue weighted by Gasteiger charge is -2.31. The van der Waals surface area contributed by atoms with Crippen LogP contribution in [0.4, 0.5) is 0 Å². The van der Waals surface area contributed by atoms with Crippen LogP contribution in [0.15, 0.2) is 108 Å². The molecule has 1 fully saturated rings. The highest BCUT2D eigenvalue weighted by Crippen LogP contribution is 2.64. The highest BCUT2D eigenvalue weighted by atomic mass is 14.5. The van der Waals surface area contributed by atoms with E-state index in [9.17, 15) is 0 Å². The molecule has 1 saturated carbocycles. The lowest BCUT2D eigenvalue weighted by Crippen LogP contribution is -2.31. The molecule has 2 heteroatoms. The molecule has 0 bridgehead atoms. The third-order valence-electron chi connectivity index (χ3n) is 6.44. The molecule has 29 heavy (non-hydrogen) atoms. The summed E-state index contributed by atoms with van der Waals surface area (Å²) in [6.45, 7) is 12.7. The van der Waals surface area contributed by atoms with Crippen molar-refractivity contribution in [3.63, 3.8) is 0 Å². The third-order valence-corrected chi connectivity index (χ3v) is 6.44. The number of allylic oxidation sites excluding steroid dienone is 10. The lowest BCUT2D eigenvalue weighted by molar-refractivity contribution is 0.790. The number of fused-ring (bicyclic) bond motifs is 5. The van der Waals surface area contributed by atoms with Crippen molar-refractivity contribution in [1.82, 2.24) is 0 Å². The van der Waals surface area contributed by atoms with Crippen molar-refractivity contribution in [2.75, 3.05) is 0 Å². The van der Waals surface area contributed by atoms with Gasteiger partial charge in [-0.05, 0) is 58.4 Å². The first kappa shape index (κ1) is 19.3. The van der Waals surface area contributed by atoms with Gasteiger partial charge in [0.05, 0.1) is 5.41 Å². The van der Waals surface area contributed by atoms with E-state index in [0.29, 0.717) is 0 Å². The van der Waals surface area contributed by atoms with Gasteiger partial charge < -0.3 is 0 Å². The van der Waals surface area contributed by atoms with Gasteiger partial charge in [0.1, 0.15) is 15.7 Å². The number of hydrogen-bond donors (Lipinski definition) is 0. The second kappa shape index (κ2) is 7.12. The molecule has 2 aromatic carbocycles. The van der Waals surface area contributed by atoms with Crippen LogP contribution in [0, 0.1) is 0 Å². The Morgan fingerprint density at radius 1 is 0.897 bits per heavy atom. The van der Waals surface area contributed by atoms with Crippen LogP contribution >= 0.6 is 0 Å². The highest BCUT2D eigenvalue weighted by molar-refractivity contribution is 6.49. The highest BCUT2D eigenvalue weighted by Gasteiger charge is 2.54. The van der Waals surface area contributed by atoms with Gasteiger partial charge in [0.25, 0.3) is 0 Å². The van der Waals surface area contributed by atoms with Crippen molar-refractivity contribution in [1.29, 1.82) is 0 Å². The van der Waals surface area contributed by atoms with Gasteiger partial charge in [0, 0.05) is 0 Å². The Labute approximate surface area is 176 Å². The second-order valence-electron chi connectivity index (χ2n) is 7.88. The molecule has 0 heterocycles. The molecule has 0 saturated heterocycles. The molecule has 0 radical (unpaired) electrons. The van der Waals surface area contributed by atoms with Crippen LogP contribution < -0.4 is 10.9 Å². The van der Waals surface area contributed by atoms with Crippen molar-refractivity contribution < 1.29 is 0 Å². The summed E-state index contributed by atoms with van der Waals surface area (Å²) in [5.41, 5.74) is 12.5. The lowest BCUT2D eigenvalue weighted by atomic mass is 9.68. The second-order valence-corrected chi connectivity index (χ2v) is 7.88. The van der Waals surface area contributed by atoms with E-state index in [2.05, 4.69) is 109 Å². The van der Waals surface area contributed by atoms with Crippen LogP contribution in [-0.4, -0.2) is 15.7 Å². The summed E-state index contributed by atoms with van der Waals surface area (Å²) in [5.74, 6) is 0. The molecule has 0 amide bonds. The SMILES string of the molecule is Bc1cc2c(cc1B)C1(/C(=C/C=C\C)C(=C)C(=C/C)/C1=C\C=C)c1ccccc1-2. The summed E-state index contributed by atoms with van der Waals surface area (Å²) in [5, 5.41) is 0. The van der Waals surface area contributed by atoms with Crippen molar-refractivity contribution in [3.8, 4) is 11.1 Å². The summed E-state index contributed by atoms with van der Waals surface area (Å²) < 4.78 is 0. The van der Waals surface area contributed by atoms with Crippen LogP contribution in [0.25, 0.3) is 11.1 Å². The summed E-state index contributed by atoms with van der Waals surface area (Å²) >= 11 is 0. The molecule has 0 aromatic heterocycles. The summed E-state index contributed by atoms with van der Waals surface area (Å²) in [7, 11) is 4.41. The van der Waals surface area contributed by atoms with Crippen LogP contribution in [0.5, 0.6) is 0 Å². The Morgan fingerprint density at radius 2 is 1.62 bits per heavy atom. The predicted octanol–water partition coefficient (Wildman–Crippen LogP) is 3.60. The molecule has 0 aliphatic heterocycles. The normalized spacial score (nSPS) is 24.2. The standard InChI is InChI=1S/C27H26B2/c1-5-8-13-21-17(4)18(7-3)22(11-6-2)27(21)23-14-10-9-12-19(23)20-15-25(28)26(29)16-24(20)27/h5-16H,2,4,28-29H2,1,3H3/b8-5-,18-7-,21-13+,22-11+. The minimum absolute atomic E-state index is 0.350. The van der Waals surface area contributed by atoms with Crippen LogP contribution in [0.2, 0.25) is 0 Å². The van der Waals surface area contributed by atoms with Crippen LogP contribution in [0.3, 0.4) is 0 Å². The van der Waals surface area contributed by atoms with Gasteiger partial charge in [-0.1, -0.05) is 96.9 Å². The fourth-order valence-electron chi connectivity index (χ4n) is 5.08. The van der Waals surface area contributed by atoms with Crippen molar-refractivity contribution >= 4 is 26.6 Å². The van der Waals surface area contributed by atoms with Crippen LogP contribution in [0.1, 0.15) is 25.0 Å². The molecule has 140 valence electrons. The molecule has 2 aromatic rings. The van der Waals surface area contributed by atoms with Crippen LogP contribution in [-0.2, 0) is 5.41 Å². The Hall–Kier alpha value is -2.99. The van der Waals surface area contributed by atoms with Crippen molar-refractivity contribution in [2.24, 2.45) is 0 Å². The zero-order valence-electron chi connectivity index (χ0n) is 17.8. The predicted molar refractivity (Wildman–Crippen MR) is 133 cm³/mol. The van der Waals surface area contributed by atoms with E-state index in [0.717, 1.165) is 5.57 Å². The van der Waals surface area contributed by atoms with E-state index in [1.165, 1.54) is 49.9 Å². The molecule has 4 rings (SSSR count). The minimum Gasteiger partial charge on any atom is -0.0991 e. The molecule has 2 aliphatic rings. The van der Waals surface area contributed by atoms with Crippen molar-refractivity contribution in [3.05, 3.63) is 119 Å². The van der Waals surface area contributed by atoms with Gasteiger partial charge in [-0.2, -0.15) is 0 Å². The van der Waals surface area contributed by atoms with Gasteiger partial charge in [-0.15, -0.1) is 0 Å². The minimum atomic E-state index is -0.350. The monoisotopic (exact) mass is 372 g/mol. The van der Waals surface area contributed by atoms with Gasteiger partial charge >= 0.3 is 0 Å². The Bertz CT molecular complexity index is 1170. The number of rotatable bonds is 2. The maximum atomic E-state index is 4.53. The smallest absolute Gasteiger partial charge is 0.0991 e. The average Bonchev–Trinajstić information content (AvgIpc) is 3.12. The maximum absolute atomic E-state index is 4.53. The van der Waals surface area contributed by atoms with Gasteiger partial charge in [0.2, 0.25) is 0 Å².